The number of nitrogens with one attached hydrogen (secondary N) is 1. The second kappa shape index (κ2) is 5.48. The van der Waals surface area contributed by atoms with Gasteiger partial charge in [0.2, 0.25) is 0 Å². The average Bonchev–Trinajstić information content (AvgIpc) is 3.32. The molecule has 0 aromatic carbocycles. The van der Waals surface area contributed by atoms with Crippen molar-refractivity contribution in [1.29, 1.82) is 0 Å². The lowest BCUT2D eigenvalue weighted by atomic mass is 10.1. The molecule has 0 aromatic rings. The van der Waals surface area contributed by atoms with E-state index in [1.54, 1.807) is 0 Å². The fraction of sp³-hybridized carbons (Fsp3) is 0.733. The summed E-state index contributed by atoms with van der Waals surface area (Å²) in [5.74, 6) is 1.01. The molecule has 3 fully saturated rings. The van der Waals surface area contributed by atoms with Gasteiger partial charge in [0.1, 0.15) is 12.4 Å². The summed E-state index contributed by atoms with van der Waals surface area (Å²) in [4.78, 5) is 2.49. The zero-order chi connectivity index (χ0) is 13.4. The van der Waals surface area contributed by atoms with Crippen LogP contribution in [0.5, 0.6) is 0 Å². The molecule has 3 heterocycles. The maximum Gasteiger partial charge on any atom is 0.115 e. The zero-order valence-electron chi connectivity index (χ0n) is 11.7. The van der Waals surface area contributed by atoms with E-state index in [0.29, 0.717) is 24.3 Å². The molecule has 5 nitrogen and oxygen atoms in total. The van der Waals surface area contributed by atoms with Gasteiger partial charge < -0.3 is 19.5 Å². The molecule has 3 saturated heterocycles. The van der Waals surface area contributed by atoms with Gasteiger partial charge in [-0.15, -0.1) is 0 Å². The lowest BCUT2D eigenvalue weighted by molar-refractivity contribution is 0.180. The van der Waals surface area contributed by atoms with Crippen LogP contribution in [-0.4, -0.2) is 68.6 Å². The number of hydrogen-bond donors (Lipinski definition) is 1. The summed E-state index contributed by atoms with van der Waals surface area (Å²) in [6.45, 7) is 5.75. The largest absolute Gasteiger partial charge is 0.492 e. The monoisotopic (exact) mass is 278 g/mol. The molecule has 0 saturated carbocycles. The van der Waals surface area contributed by atoms with E-state index in [1.165, 1.54) is 0 Å². The van der Waals surface area contributed by atoms with E-state index < -0.39 is 0 Å². The number of allylic oxidation sites excluding steroid dienone is 1. The average molecular weight is 278 g/mol. The molecule has 4 atom stereocenters. The third kappa shape index (κ3) is 3.61. The van der Waals surface area contributed by atoms with E-state index in [2.05, 4.69) is 28.4 Å². The maximum absolute atomic E-state index is 5.77. The van der Waals surface area contributed by atoms with Crippen molar-refractivity contribution >= 4 is 0 Å². The van der Waals surface area contributed by atoms with Crippen molar-refractivity contribution in [3.05, 3.63) is 24.0 Å². The van der Waals surface area contributed by atoms with Crippen LogP contribution >= 0.6 is 0 Å². The van der Waals surface area contributed by atoms with Crippen LogP contribution in [-0.2, 0) is 14.2 Å². The van der Waals surface area contributed by atoms with Crippen LogP contribution in [0.2, 0.25) is 0 Å². The predicted molar refractivity (Wildman–Crippen MR) is 74.4 cm³/mol. The molecule has 4 rings (SSSR count). The van der Waals surface area contributed by atoms with Crippen molar-refractivity contribution in [2.45, 2.75) is 30.7 Å². The molecular formula is C15H22N2O3. The van der Waals surface area contributed by atoms with Gasteiger partial charge in [0.25, 0.3) is 0 Å². The van der Waals surface area contributed by atoms with Crippen molar-refractivity contribution in [3.8, 4) is 0 Å². The minimum atomic E-state index is 0.435. The summed E-state index contributed by atoms with van der Waals surface area (Å²) in [6, 6.07) is 1.02. The van der Waals surface area contributed by atoms with Crippen LogP contribution in [0.15, 0.2) is 24.0 Å². The van der Waals surface area contributed by atoms with Gasteiger partial charge in [0.15, 0.2) is 0 Å². The first-order valence-corrected chi connectivity index (χ1v) is 7.58. The van der Waals surface area contributed by atoms with E-state index in [9.17, 15) is 0 Å². The summed E-state index contributed by atoms with van der Waals surface area (Å²) in [5, 5.41) is 3.25. The Morgan fingerprint density at radius 2 is 1.95 bits per heavy atom. The van der Waals surface area contributed by atoms with E-state index in [4.69, 9.17) is 14.2 Å². The predicted octanol–water partition coefficient (Wildman–Crippen LogP) is 0.287. The highest BCUT2D eigenvalue weighted by Gasteiger charge is 2.33. The van der Waals surface area contributed by atoms with Crippen LogP contribution < -0.4 is 5.32 Å². The summed E-state index contributed by atoms with van der Waals surface area (Å²) in [7, 11) is 0. The fourth-order valence-electron chi connectivity index (χ4n) is 2.58. The van der Waals surface area contributed by atoms with Crippen LogP contribution in [0.1, 0.15) is 6.42 Å². The lowest BCUT2D eigenvalue weighted by Crippen LogP contribution is -2.40. The molecule has 1 aliphatic carbocycles. The van der Waals surface area contributed by atoms with E-state index >= 15 is 0 Å². The highest BCUT2D eigenvalue weighted by Crippen LogP contribution is 2.23. The van der Waals surface area contributed by atoms with Gasteiger partial charge in [-0.05, 0) is 18.6 Å². The number of nitrogens with zero attached hydrogens (tertiary/aromatic N) is 1. The SMILES string of the molecule is C1=CC(N(CC2CO2)CC2CO2)CC=C1OCC1CN1. The van der Waals surface area contributed by atoms with E-state index in [1.807, 2.05) is 0 Å². The topological polar surface area (TPSA) is 59.5 Å². The molecule has 20 heavy (non-hydrogen) atoms. The first kappa shape index (κ1) is 12.8. The number of rotatable bonds is 8. The highest BCUT2D eigenvalue weighted by molar-refractivity contribution is 5.21. The van der Waals surface area contributed by atoms with Crippen molar-refractivity contribution in [2.24, 2.45) is 0 Å². The quantitative estimate of drug-likeness (QED) is 0.647. The normalized spacial score (nSPS) is 37.8. The molecule has 1 N–H and O–H groups in total. The number of ether oxygens (including phenoxy) is 3. The third-order valence-corrected chi connectivity index (χ3v) is 4.14. The maximum atomic E-state index is 5.77. The van der Waals surface area contributed by atoms with Gasteiger partial charge in [-0.25, -0.2) is 0 Å². The Labute approximate surface area is 119 Å². The Kier molecular flexibility index (Phi) is 3.52. The lowest BCUT2D eigenvalue weighted by Gasteiger charge is -2.29. The molecular weight excluding hydrogens is 256 g/mol. The molecule has 110 valence electrons. The molecule has 0 radical (unpaired) electrons. The summed E-state index contributed by atoms with van der Waals surface area (Å²) < 4.78 is 16.5. The third-order valence-electron chi connectivity index (χ3n) is 4.14. The van der Waals surface area contributed by atoms with Crippen molar-refractivity contribution in [1.82, 2.24) is 10.2 Å². The first-order chi connectivity index (χ1) is 9.87. The van der Waals surface area contributed by atoms with E-state index in [-0.39, 0.29) is 0 Å². The van der Waals surface area contributed by atoms with Crippen LogP contribution in [0, 0.1) is 0 Å². The summed E-state index contributed by atoms with van der Waals surface area (Å²) in [6.07, 6.45) is 8.48. The van der Waals surface area contributed by atoms with Gasteiger partial charge in [-0.1, -0.05) is 6.08 Å². The second-order valence-corrected chi connectivity index (χ2v) is 6.05. The smallest absolute Gasteiger partial charge is 0.115 e. The summed E-state index contributed by atoms with van der Waals surface area (Å²) in [5.41, 5.74) is 0. The molecule has 3 aliphatic heterocycles. The van der Waals surface area contributed by atoms with Crippen molar-refractivity contribution in [3.63, 3.8) is 0 Å². The molecule has 5 heteroatoms. The fourth-order valence-corrected chi connectivity index (χ4v) is 2.58. The molecule has 4 unspecified atom stereocenters. The van der Waals surface area contributed by atoms with Gasteiger partial charge in [0, 0.05) is 25.7 Å². The Hall–Kier alpha value is -0.880. The number of epoxide rings is 2. The minimum Gasteiger partial charge on any atom is -0.492 e. The number of hydrogen-bond acceptors (Lipinski definition) is 5. The molecule has 0 bridgehead atoms. The zero-order valence-corrected chi connectivity index (χ0v) is 11.7. The standard InChI is InChI=1S/C15H22N2O3/c1-3-13(18-8-11-5-16-11)4-2-12(1)17(6-14-9-19-14)7-15-10-20-15/h1,3-4,11-12,14-16H,2,5-10H2. The van der Waals surface area contributed by atoms with Crippen LogP contribution in [0.4, 0.5) is 0 Å². The minimum absolute atomic E-state index is 0.435. The molecule has 0 amide bonds. The first-order valence-electron chi connectivity index (χ1n) is 7.58. The van der Waals surface area contributed by atoms with Gasteiger partial charge in [-0.3, -0.25) is 4.90 Å². The Morgan fingerprint density at radius 1 is 1.25 bits per heavy atom. The molecule has 0 spiro atoms. The molecule has 0 aromatic heterocycles. The van der Waals surface area contributed by atoms with Crippen molar-refractivity contribution < 1.29 is 14.2 Å². The Morgan fingerprint density at radius 3 is 2.45 bits per heavy atom. The van der Waals surface area contributed by atoms with Gasteiger partial charge in [0.05, 0.1) is 31.5 Å². The second-order valence-electron chi connectivity index (χ2n) is 6.05. The Balaban J connectivity index is 1.29. The highest BCUT2D eigenvalue weighted by atomic mass is 16.6. The van der Waals surface area contributed by atoms with Crippen LogP contribution in [0.3, 0.4) is 0 Å². The van der Waals surface area contributed by atoms with Gasteiger partial charge in [-0.2, -0.15) is 0 Å². The van der Waals surface area contributed by atoms with Crippen LogP contribution in [0.25, 0.3) is 0 Å². The summed E-state index contributed by atoms with van der Waals surface area (Å²) >= 11 is 0. The van der Waals surface area contributed by atoms with E-state index in [0.717, 1.165) is 51.6 Å². The molecule has 4 aliphatic rings. The Bertz CT molecular complexity index is 397. The van der Waals surface area contributed by atoms with Gasteiger partial charge >= 0.3 is 0 Å². The van der Waals surface area contributed by atoms with Crippen molar-refractivity contribution in [2.75, 3.05) is 39.5 Å².